The topological polar surface area (TPSA) is 65.8 Å². The first-order valence-electron chi connectivity index (χ1n) is 6.81. The molecule has 20 heavy (non-hydrogen) atoms. The molecular formula is C14H17N3O3. The summed E-state index contributed by atoms with van der Waals surface area (Å²) < 4.78 is 5.73. The Kier molecular flexibility index (Phi) is 3.22. The molecule has 0 atom stereocenters. The number of piperidine rings is 1. The zero-order valence-electron chi connectivity index (χ0n) is 11.4. The first-order valence-corrected chi connectivity index (χ1v) is 6.81. The van der Waals surface area contributed by atoms with Crippen LogP contribution in [0.5, 0.6) is 0 Å². The molecule has 0 aromatic carbocycles. The summed E-state index contributed by atoms with van der Waals surface area (Å²) >= 11 is 0. The molecule has 2 saturated heterocycles. The largest absolute Gasteiger partial charge is 0.441 e. The smallest absolute Gasteiger partial charge is 0.328 e. The van der Waals surface area contributed by atoms with Crippen LogP contribution in [-0.4, -0.2) is 37.0 Å². The van der Waals surface area contributed by atoms with E-state index in [4.69, 9.17) is 4.42 Å². The molecule has 0 unspecified atom stereocenters. The Bertz CT molecular complexity index is 570. The SMILES string of the molecule is CN1C(=O)N/C(=C/c2ccc(N3CCCCC3)o2)C1=O. The van der Waals surface area contributed by atoms with Crippen LogP contribution in [0.15, 0.2) is 22.2 Å². The minimum Gasteiger partial charge on any atom is -0.441 e. The normalized spacial score (nSPS) is 21.8. The maximum atomic E-state index is 11.8. The Balaban J connectivity index is 1.77. The van der Waals surface area contributed by atoms with E-state index in [1.165, 1.54) is 26.3 Å². The Hall–Kier alpha value is -2.24. The van der Waals surface area contributed by atoms with Gasteiger partial charge in [0.05, 0.1) is 0 Å². The number of hydrogen-bond acceptors (Lipinski definition) is 4. The number of carbonyl (C=O) groups is 2. The van der Waals surface area contributed by atoms with E-state index in [9.17, 15) is 9.59 Å². The molecule has 3 rings (SSSR count). The average Bonchev–Trinajstić information content (AvgIpc) is 3.02. The van der Waals surface area contributed by atoms with E-state index in [0.717, 1.165) is 23.9 Å². The van der Waals surface area contributed by atoms with Crippen LogP contribution in [0, 0.1) is 0 Å². The summed E-state index contributed by atoms with van der Waals surface area (Å²) in [6, 6.07) is 3.31. The lowest BCUT2D eigenvalue weighted by Crippen LogP contribution is -2.28. The van der Waals surface area contributed by atoms with Crippen molar-refractivity contribution in [3.8, 4) is 0 Å². The zero-order valence-corrected chi connectivity index (χ0v) is 11.4. The van der Waals surface area contributed by atoms with Crippen LogP contribution in [0.4, 0.5) is 10.7 Å². The van der Waals surface area contributed by atoms with E-state index in [1.807, 2.05) is 12.1 Å². The zero-order chi connectivity index (χ0) is 14.1. The second-order valence-corrected chi connectivity index (χ2v) is 5.08. The number of urea groups is 1. The molecule has 1 aromatic rings. The lowest BCUT2D eigenvalue weighted by molar-refractivity contribution is -0.121. The summed E-state index contributed by atoms with van der Waals surface area (Å²) in [5, 5.41) is 2.52. The van der Waals surface area contributed by atoms with Gasteiger partial charge in [0.15, 0.2) is 5.88 Å². The van der Waals surface area contributed by atoms with Crippen LogP contribution in [-0.2, 0) is 4.79 Å². The Morgan fingerprint density at radius 1 is 1.20 bits per heavy atom. The van der Waals surface area contributed by atoms with Crippen molar-refractivity contribution in [3.05, 3.63) is 23.6 Å². The van der Waals surface area contributed by atoms with Crippen molar-refractivity contribution in [2.45, 2.75) is 19.3 Å². The van der Waals surface area contributed by atoms with E-state index in [0.29, 0.717) is 5.76 Å². The van der Waals surface area contributed by atoms with Crippen molar-refractivity contribution in [1.82, 2.24) is 10.2 Å². The lowest BCUT2D eigenvalue weighted by Gasteiger charge is -2.25. The number of nitrogens with one attached hydrogen (secondary N) is 1. The Morgan fingerprint density at radius 2 is 1.95 bits per heavy atom. The molecule has 106 valence electrons. The van der Waals surface area contributed by atoms with Crippen molar-refractivity contribution in [2.75, 3.05) is 25.0 Å². The van der Waals surface area contributed by atoms with Crippen molar-refractivity contribution in [1.29, 1.82) is 0 Å². The summed E-state index contributed by atoms with van der Waals surface area (Å²) in [5.74, 6) is 1.05. The first-order chi connectivity index (χ1) is 9.65. The van der Waals surface area contributed by atoms with Crippen LogP contribution < -0.4 is 10.2 Å². The van der Waals surface area contributed by atoms with Crippen molar-refractivity contribution in [2.24, 2.45) is 0 Å². The van der Waals surface area contributed by atoms with Crippen LogP contribution >= 0.6 is 0 Å². The molecule has 2 aliphatic rings. The number of furan rings is 1. The fraction of sp³-hybridized carbons (Fsp3) is 0.429. The van der Waals surface area contributed by atoms with E-state index in [2.05, 4.69) is 10.2 Å². The predicted molar refractivity (Wildman–Crippen MR) is 74.1 cm³/mol. The van der Waals surface area contributed by atoms with Gasteiger partial charge < -0.3 is 14.6 Å². The van der Waals surface area contributed by atoms with Crippen molar-refractivity contribution < 1.29 is 14.0 Å². The highest BCUT2D eigenvalue weighted by atomic mass is 16.4. The molecule has 0 aliphatic carbocycles. The first kappa shape index (κ1) is 12.8. The molecule has 0 saturated carbocycles. The molecule has 3 amide bonds. The Morgan fingerprint density at radius 3 is 2.60 bits per heavy atom. The molecule has 1 aromatic heterocycles. The van der Waals surface area contributed by atoms with Gasteiger partial charge in [-0.15, -0.1) is 0 Å². The maximum absolute atomic E-state index is 11.8. The van der Waals surface area contributed by atoms with Gasteiger partial charge in [-0.25, -0.2) is 4.79 Å². The third-order valence-corrected chi connectivity index (χ3v) is 3.65. The van der Waals surface area contributed by atoms with Gasteiger partial charge in [0.2, 0.25) is 0 Å². The molecule has 2 fully saturated rings. The number of nitrogens with zero attached hydrogens (tertiary/aromatic N) is 2. The summed E-state index contributed by atoms with van der Waals surface area (Å²) in [7, 11) is 1.44. The highest BCUT2D eigenvalue weighted by molar-refractivity contribution is 6.13. The van der Waals surface area contributed by atoms with Gasteiger partial charge in [0, 0.05) is 32.3 Å². The number of hydrogen-bond donors (Lipinski definition) is 1. The molecule has 0 bridgehead atoms. The van der Waals surface area contributed by atoms with Crippen LogP contribution in [0.25, 0.3) is 6.08 Å². The Labute approximate surface area is 117 Å². The van der Waals surface area contributed by atoms with Crippen LogP contribution in [0.3, 0.4) is 0 Å². The molecule has 6 nitrogen and oxygen atoms in total. The quantitative estimate of drug-likeness (QED) is 0.660. The molecule has 0 spiro atoms. The highest BCUT2D eigenvalue weighted by Crippen LogP contribution is 2.24. The molecule has 0 radical (unpaired) electrons. The highest BCUT2D eigenvalue weighted by Gasteiger charge is 2.30. The van der Waals surface area contributed by atoms with Gasteiger partial charge in [0.25, 0.3) is 5.91 Å². The van der Waals surface area contributed by atoms with E-state index in [-0.39, 0.29) is 11.6 Å². The number of carbonyl (C=O) groups excluding carboxylic acids is 2. The molecule has 3 heterocycles. The fourth-order valence-corrected chi connectivity index (χ4v) is 2.47. The van der Waals surface area contributed by atoms with Crippen molar-refractivity contribution >= 4 is 23.9 Å². The number of amides is 3. The van der Waals surface area contributed by atoms with Crippen LogP contribution in [0.1, 0.15) is 25.0 Å². The van der Waals surface area contributed by atoms with Crippen LogP contribution in [0.2, 0.25) is 0 Å². The van der Waals surface area contributed by atoms with Gasteiger partial charge in [-0.1, -0.05) is 0 Å². The predicted octanol–water partition coefficient (Wildman–Crippen LogP) is 1.79. The molecule has 1 N–H and O–H groups in total. The standard InChI is InChI=1S/C14H17N3O3/c1-16-13(18)11(15-14(16)19)9-10-5-6-12(20-10)17-7-3-2-4-8-17/h5-6,9H,2-4,7-8H2,1H3,(H,15,19)/b11-9+. The third kappa shape index (κ3) is 2.29. The average molecular weight is 275 g/mol. The van der Waals surface area contributed by atoms with E-state index < -0.39 is 6.03 Å². The second kappa shape index (κ2) is 5.03. The minimum absolute atomic E-state index is 0.247. The summed E-state index contributed by atoms with van der Waals surface area (Å²) in [5.41, 5.74) is 0.247. The van der Waals surface area contributed by atoms with E-state index >= 15 is 0 Å². The maximum Gasteiger partial charge on any atom is 0.328 e. The number of rotatable bonds is 2. The number of imide groups is 1. The lowest BCUT2D eigenvalue weighted by atomic mass is 10.1. The van der Waals surface area contributed by atoms with E-state index in [1.54, 1.807) is 6.08 Å². The van der Waals surface area contributed by atoms with Gasteiger partial charge in [-0.2, -0.15) is 0 Å². The van der Waals surface area contributed by atoms with Gasteiger partial charge in [-0.3, -0.25) is 9.69 Å². The minimum atomic E-state index is -0.413. The second-order valence-electron chi connectivity index (χ2n) is 5.08. The van der Waals surface area contributed by atoms with Crippen molar-refractivity contribution in [3.63, 3.8) is 0 Å². The monoisotopic (exact) mass is 275 g/mol. The molecular weight excluding hydrogens is 258 g/mol. The summed E-state index contributed by atoms with van der Waals surface area (Å²) in [6.07, 6.45) is 5.19. The summed E-state index contributed by atoms with van der Waals surface area (Å²) in [6.45, 7) is 2.00. The fourth-order valence-electron chi connectivity index (χ4n) is 2.47. The summed E-state index contributed by atoms with van der Waals surface area (Å²) in [4.78, 5) is 26.3. The molecule has 2 aliphatic heterocycles. The molecule has 6 heteroatoms. The van der Waals surface area contributed by atoms with Gasteiger partial charge in [0.1, 0.15) is 11.5 Å². The third-order valence-electron chi connectivity index (χ3n) is 3.65. The van der Waals surface area contributed by atoms with Gasteiger partial charge in [-0.05, 0) is 25.3 Å². The number of anilines is 1. The van der Waals surface area contributed by atoms with Gasteiger partial charge >= 0.3 is 6.03 Å². The number of likely N-dealkylation sites (N-methyl/N-ethyl adjacent to an activating group) is 1.